The first-order valence-corrected chi connectivity index (χ1v) is 7.51. The van der Waals surface area contributed by atoms with Crippen LogP contribution >= 0.6 is 0 Å². The third kappa shape index (κ3) is 2.93. The molecule has 0 spiro atoms. The van der Waals surface area contributed by atoms with Gasteiger partial charge in [-0.05, 0) is 43.4 Å². The van der Waals surface area contributed by atoms with Crippen LogP contribution in [-0.4, -0.2) is 33.8 Å². The van der Waals surface area contributed by atoms with E-state index in [-0.39, 0.29) is 0 Å². The van der Waals surface area contributed by atoms with E-state index < -0.39 is 0 Å². The number of benzene rings is 1. The molecule has 1 N–H and O–H groups in total. The Hall–Kier alpha value is -1.22. The van der Waals surface area contributed by atoms with Gasteiger partial charge in [0.15, 0.2) is 0 Å². The standard InChI is InChI=1S/C17H28N2O/c1-17(2)11-10-13(16(17)18-3)12-19(4)14-8-6-7-9-15(14)20-5/h6-9,13,16,18H,10-12H2,1-5H3. The lowest BCUT2D eigenvalue weighted by Gasteiger charge is -2.33. The van der Waals surface area contributed by atoms with Crippen molar-refractivity contribution in [1.29, 1.82) is 0 Å². The quantitative estimate of drug-likeness (QED) is 0.894. The van der Waals surface area contributed by atoms with Gasteiger partial charge in [0.25, 0.3) is 0 Å². The zero-order valence-electron chi connectivity index (χ0n) is 13.4. The summed E-state index contributed by atoms with van der Waals surface area (Å²) in [6.45, 7) is 5.81. The summed E-state index contributed by atoms with van der Waals surface area (Å²) in [7, 11) is 5.99. The predicted molar refractivity (Wildman–Crippen MR) is 85.6 cm³/mol. The largest absolute Gasteiger partial charge is 0.495 e. The average molecular weight is 276 g/mol. The highest BCUT2D eigenvalue weighted by atomic mass is 16.5. The van der Waals surface area contributed by atoms with E-state index in [0.29, 0.717) is 17.4 Å². The Morgan fingerprint density at radius 3 is 2.70 bits per heavy atom. The van der Waals surface area contributed by atoms with E-state index in [2.05, 4.69) is 50.3 Å². The summed E-state index contributed by atoms with van der Waals surface area (Å²) in [5.41, 5.74) is 1.57. The molecule has 0 bridgehead atoms. The molecule has 1 aliphatic rings. The van der Waals surface area contributed by atoms with Crippen molar-refractivity contribution in [2.24, 2.45) is 11.3 Å². The lowest BCUT2D eigenvalue weighted by Crippen LogP contribution is -2.43. The van der Waals surface area contributed by atoms with E-state index in [9.17, 15) is 0 Å². The first-order valence-electron chi connectivity index (χ1n) is 7.51. The number of rotatable bonds is 5. The number of anilines is 1. The lowest BCUT2D eigenvalue weighted by atomic mass is 9.85. The number of nitrogens with one attached hydrogen (secondary N) is 1. The molecule has 1 aromatic rings. The molecular formula is C17H28N2O. The maximum absolute atomic E-state index is 5.47. The molecule has 3 nitrogen and oxygen atoms in total. The topological polar surface area (TPSA) is 24.5 Å². The van der Waals surface area contributed by atoms with Crippen LogP contribution in [0.4, 0.5) is 5.69 Å². The number of hydrogen-bond donors (Lipinski definition) is 1. The average Bonchev–Trinajstić information content (AvgIpc) is 2.72. The second kappa shape index (κ2) is 6.04. The van der Waals surface area contributed by atoms with Crippen molar-refractivity contribution >= 4 is 5.69 Å². The predicted octanol–water partition coefficient (Wildman–Crippen LogP) is 3.16. The fourth-order valence-corrected chi connectivity index (χ4v) is 3.74. The van der Waals surface area contributed by atoms with Crippen LogP contribution in [0.5, 0.6) is 5.75 Å². The fourth-order valence-electron chi connectivity index (χ4n) is 3.74. The summed E-state index contributed by atoms with van der Waals surface area (Å²) in [5, 5.41) is 3.53. The maximum Gasteiger partial charge on any atom is 0.142 e. The summed E-state index contributed by atoms with van der Waals surface area (Å²) < 4.78 is 5.47. The van der Waals surface area contributed by atoms with Crippen molar-refractivity contribution in [3.8, 4) is 5.75 Å². The van der Waals surface area contributed by atoms with Gasteiger partial charge < -0.3 is 15.0 Å². The zero-order valence-corrected chi connectivity index (χ0v) is 13.4. The highest BCUT2D eigenvalue weighted by molar-refractivity contribution is 5.57. The Bertz CT molecular complexity index is 444. The molecule has 0 saturated heterocycles. The van der Waals surface area contributed by atoms with Crippen LogP contribution < -0.4 is 15.0 Å². The molecule has 2 atom stereocenters. The Morgan fingerprint density at radius 1 is 1.35 bits per heavy atom. The maximum atomic E-state index is 5.47. The number of nitrogens with zero attached hydrogens (tertiary/aromatic N) is 1. The van der Waals surface area contributed by atoms with Gasteiger partial charge in [-0.2, -0.15) is 0 Å². The fraction of sp³-hybridized carbons (Fsp3) is 0.647. The zero-order chi connectivity index (χ0) is 14.8. The van der Waals surface area contributed by atoms with Crippen molar-refractivity contribution in [3.63, 3.8) is 0 Å². The summed E-state index contributed by atoms with van der Waals surface area (Å²) in [4.78, 5) is 2.33. The van der Waals surface area contributed by atoms with Crippen LogP contribution in [-0.2, 0) is 0 Å². The molecule has 1 fully saturated rings. The molecule has 2 rings (SSSR count). The molecule has 0 heterocycles. The van der Waals surface area contributed by atoms with E-state index in [1.54, 1.807) is 7.11 Å². The summed E-state index contributed by atoms with van der Waals surface area (Å²) >= 11 is 0. The monoisotopic (exact) mass is 276 g/mol. The van der Waals surface area contributed by atoms with Crippen LogP contribution in [0, 0.1) is 11.3 Å². The second-order valence-electron chi connectivity index (χ2n) is 6.61. The van der Waals surface area contributed by atoms with Gasteiger partial charge in [-0.1, -0.05) is 26.0 Å². The number of methoxy groups -OCH3 is 1. The molecule has 112 valence electrons. The van der Waals surface area contributed by atoms with Crippen molar-refractivity contribution in [2.75, 3.05) is 32.6 Å². The van der Waals surface area contributed by atoms with Crippen LogP contribution in [0.2, 0.25) is 0 Å². The van der Waals surface area contributed by atoms with Crippen molar-refractivity contribution in [2.45, 2.75) is 32.7 Å². The van der Waals surface area contributed by atoms with E-state index in [1.165, 1.54) is 18.5 Å². The summed E-state index contributed by atoms with van der Waals surface area (Å²) in [6.07, 6.45) is 2.58. The van der Waals surface area contributed by atoms with Crippen LogP contribution in [0.25, 0.3) is 0 Å². The van der Waals surface area contributed by atoms with Gasteiger partial charge >= 0.3 is 0 Å². The van der Waals surface area contributed by atoms with E-state index in [1.807, 2.05) is 12.1 Å². The molecule has 2 unspecified atom stereocenters. The Kier molecular flexibility index (Phi) is 4.59. The molecular weight excluding hydrogens is 248 g/mol. The molecule has 1 aromatic carbocycles. The van der Waals surface area contributed by atoms with Crippen molar-refractivity contribution in [1.82, 2.24) is 5.32 Å². The van der Waals surface area contributed by atoms with Gasteiger partial charge in [-0.3, -0.25) is 0 Å². The smallest absolute Gasteiger partial charge is 0.142 e. The molecule has 0 aromatic heterocycles. The number of ether oxygens (including phenoxy) is 1. The minimum atomic E-state index is 0.390. The van der Waals surface area contributed by atoms with E-state index in [0.717, 1.165) is 12.3 Å². The number of para-hydroxylation sites is 2. The highest BCUT2D eigenvalue weighted by Crippen LogP contribution is 2.42. The lowest BCUT2D eigenvalue weighted by molar-refractivity contribution is 0.263. The van der Waals surface area contributed by atoms with E-state index >= 15 is 0 Å². The second-order valence-corrected chi connectivity index (χ2v) is 6.61. The molecule has 3 heteroatoms. The molecule has 1 aliphatic carbocycles. The third-order valence-electron chi connectivity index (χ3n) is 4.79. The molecule has 0 amide bonds. The highest BCUT2D eigenvalue weighted by Gasteiger charge is 2.41. The summed E-state index contributed by atoms with van der Waals surface area (Å²) in [5.74, 6) is 1.64. The Balaban J connectivity index is 2.10. The molecule has 20 heavy (non-hydrogen) atoms. The van der Waals surface area contributed by atoms with Crippen LogP contribution in [0.1, 0.15) is 26.7 Å². The van der Waals surface area contributed by atoms with Crippen molar-refractivity contribution < 1.29 is 4.74 Å². The van der Waals surface area contributed by atoms with Crippen LogP contribution in [0.15, 0.2) is 24.3 Å². The molecule has 1 saturated carbocycles. The molecule has 0 radical (unpaired) electrons. The van der Waals surface area contributed by atoms with E-state index in [4.69, 9.17) is 4.74 Å². The van der Waals surface area contributed by atoms with Crippen LogP contribution in [0.3, 0.4) is 0 Å². The Labute approximate surface area is 123 Å². The normalized spacial score (nSPS) is 24.6. The minimum absolute atomic E-state index is 0.390. The minimum Gasteiger partial charge on any atom is -0.495 e. The Morgan fingerprint density at radius 2 is 2.05 bits per heavy atom. The van der Waals surface area contributed by atoms with Crippen molar-refractivity contribution in [3.05, 3.63) is 24.3 Å². The first-order chi connectivity index (χ1) is 9.49. The number of hydrogen-bond acceptors (Lipinski definition) is 3. The van der Waals surface area contributed by atoms with Gasteiger partial charge in [0.05, 0.1) is 12.8 Å². The van der Waals surface area contributed by atoms with Gasteiger partial charge in [0, 0.05) is 19.6 Å². The van der Waals surface area contributed by atoms with Gasteiger partial charge in [0.1, 0.15) is 5.75 Å². The molecule has 0 aliphatic heterocycles. The van der Waals surface area contributed by atoms with Gasteiger partial charge in [-0.25, -0.2) is 0 Å². The van der Waals surface area contributed by atoms with Gasteiger partial charge in [0.2, 0.25) is 0 Å². The first kappa shape index (κ1) is 15.2. The SMILES string of the molecule is CNC1C(CN(C)c2ccccc2OC)CCC1(C)C. The summed E-state index contributed by atoms with van der Waals surface area (Å²) in [6, 6.07) is 8.83. The van der Waals surface area contributed by atoms with Gasteiger partial charge in [-0.15, -0.1) is 0 Å². The third-order valence-corrected chi connectivity index (χ3v) is 4.79.